The minimum Gasteiger partial charge on any atom is -0.323 e. The molecular weight excluding hydrogens is 224 g/mol. The van der Waals surface area contributed by atoms with Gasteiger partial charge in [-0.3, -0.25) is 9.79 Å². The summed E-state index contributed by atoms with van der Waals surface area (Å²) in [5.41, 5.74) is 7.67. The molecule has 1 aromatic rings. The number of carbonyl (C=O) groups excluding carboxylic acids is 1. The first kappa shape index (κ1) is 10.3. The van der Waals surface area contributed by atoms with Crippen LogP contribution in [-0.4, -0.2) is 17.7 Å². The maximum absolute atomic E-state index is 12.0. The highest BCUT2D eigenvalue weighted by molar-refractivity contribution is 6.15. The van der Waals surface area contributed by atoms with Crippen molar-refractivity contribution in [2.75, 3.05) is 5.32 Å². The molecule has 4 rings (SSSR count). The third-order valence-electron chi connectivity index (χ3n) is 4.38. The van der Waals surface area contributed by atoms with Gasteiger partial charge in [0.2, 0.25) is 5.91 Å². The van der Waals surface area contributed by atoms with E-state index in [1.54, 1.807) is 0 Å². The Morgan fingerprint density at radius 3 is 3.00 bits per heavy atom. The van der Waals surface area contributed by atoms with E-state index in [4.69, 9.17) is 0 Å². The number of nitrogens with one attached hydrogen (secondary N) is 1. The Labute approximate surface area is 106 Å². The Bertz CT molecular complexity index is 601. The highest BCUT2D eigenvalue weighted by atomic mass is 16.2. The molecule has 3 nitrogen and oxygen atoms in total. The predicted molar refractivity (Wildman–Crippen MR) is 71.4 cm³/mol. The Morgan fingerprint density at radius 1 is 1.22 bits per heavy atom. The van der Waals surface area contributed by atoms with Crippen LogP contribution in [0, 0.1) is 0 Å². The van der Waals surface area contributed by atoms with E-state index < -0.39 is 0 Å². The number of benzene rings is 1. The van der Waals surface area contributed by atoms with Crippen molar-refractivity contribution in [2.45, 2.75) is 45.1 Å². The largest absolute Gasteiger partial charge is 0.323 e. The van der Waals surface area contributed by atoms with Gasteiger partial charge in [0.25, 0.3) is 0 Å². The van der Waals surface area contributed by atoms with Crippen LogP contribution in [0.2, 0.25) is 0 Å². The monoisotopic (exact) mass is 240 g/mol. The van der Waals surface area contributed by atoms with E-state index >= 15 is 0 Å². The van der Waals surface area contributed by atoms with Gasteiger partial charge in [-0.1, -0.05) is 6.07 Å². The van der Waals surface area contributed by atoms with Crippen molar-refractivity contribution in [3.63, 3.8) is 0 Å². The number of rotatable bonds is 0. The lowest BCUT2D eigenvalue weighted by Gasteiger charge is -2.14. The highest BCUT2D eigenvalue weighted by Crippen LogP contribution is 2.40. The summed E-state index contributed by atoms with van der Waals surface area (Å²) in [6, 6.07) is 2.10. The van der Waals surface area contributed by atoms with Crippen LogP contribution in [0.1, 0.15) is 42.0 Å². The van der Waals surface area contributed by atoms with Crippen LogP contribution in [0.5, 0.6) is 0 Å². The van der Waals surface area contributed by atoms with Crippen molar-refractivity contribution in [3.05, 3.63) is 28.3 Å². The average molecular weight is 240 g/mol. The molecule has 0 radical (unpaired) electrons. The third-order valence-corrected chi connectivity index (χ3v) is 4.38. The summed E-state index contributed by atoms with van der Waals surface area (Å²) in [7, 11) is 0. The van der Waals surface area contributed by atoms with Gasteiger partial charge < -0.3 is 5.32 Å². The molecule has 2 aliphatic carbocycles. The molecule has 0 spiro atoms. The van der Waals surface area contributed by atoms with E-state index in [9.17, 15) is 4.79 Å². The quantitative estimate of drug-likeness (QED) is 0.742. The van der Waals surface area contributed by atoms with Gasteiger partial charge in [-0.15, -0.1) is 0 Å². The molecule has 3 heteroatoms. The molecule has 0 bridgehead atoms. The van der Waals surface area contributed by atoms with Crippen molar-refractivity contribution in [2.24, 2.45) is 4.99 Å². The number of amides is 1. The zero-order chi connectivity index (χ0) is 12.3. The molecule has 0 fully saturated rings. The Kier molecular flexibility index (Phi) is 1.97. The van der Waals surface area contributed by atoms with Gasteiger partial charge in [-0.05, 0) is 55.7 Å². The number of nitrogens with zero attached hydrogens (tertiary/aromatic N) is 1. The number of fused-ring (bicyclic) bond motifs is 2. The SMILES string of the molecule is CC1N=C2CCc3cc4c(c(c32)NC1=O)CCC4. The number of carbonyl (C=O) groups is 1. The van der Waals surface area contributed by atoms with Crippen molar-refractivity contribution >= 4 is 17.3 Å². The second-order valence-corrected chi connectivity index (χ2v) is 5.52. The molecule has 18 heavy (non-hydrogen) atoms. The number of hydrogen-bond acceptors (Lipinski definition) is 2. The fourth-order valence-corrected chi connectivity index (χ4v) is 3.50. The summed E-state index contributed by atoms with van der Waals surface area (Å²) < 4.78 is 0. The molecule has 1 atom stereocenters. The fraction of sp³-hybridized carbons (Fsp3) is 0.467. The number of anilines is 1. The van der Waals surface area contributed by atoms with E-state index in [0.717, 1.165) is 37.1 Å². The van der Waals surface area contributed by atoms with Crippen molar-refractivity contribution in [3.8, 4) is 0 Å². The summed E-state index contributed by atoms with van der Waals surface area (Å²) in [5.74, 6) is 0.0411. The number of aryl methyl sites for hydroxylation is 2. The third kappa shape index (κ3) is 1.25. The van der Waals surface area contributed by atoms with E-state index in [-0.39, 0.29) is 11.9 Å². The number of aliphatic imine (C=N–C) groups is 1. The lowest BCUT2D eigenvalue weighted by molar-refractivity contribution is -0.116. The van der Waals surface area contributed by atoms with Crippen LogP contribution in [0.3, 0.4) is 0 Å². The molecule has 1 aromatic carbocycles. The van der Waals surface area contributed by atoms with E-state index in [1.807, 2.05) is 6.92 Å². The molecule has 1 N–H and O–H groups in total. The van der Waals surface area contributed by atoms with Gasteiger partial charge in [0, 0.05) is 11.3 Å². The van der Waals surface area contributed by atoms with Crippen molar-refractivity contribution in [1.82, 2.24) is 0 Å². The lowest BCUT2D eigenvalue weighted by Crippen LogP contribution is -2.23. The molecule has 1 aliphatic heterocycles. The van der Waals surface area contributed by atoms with Crippen molar-refractivity contribution < 1.29 is 4.79 Å². The summed E-state index contributed by atoms with van der Waals surface area (Å²) in [6.45, 7) is 1.88. The first-order valence-electron chi connectivity index (χ1n) is 6.79. The molecule has 1 heterocycles. The van der Waals surface area contributed by atoms with Gasteiger partial charge in [0.1, 0.15) is 6.04 Å². The summed E-state index contributed by atoms with van der Waals surface area (Å²) in [5, 5.41) is 3.13. The van der Waals surface area contributed by atoms with Crippen LogP contribution < -0.4 is 5.32 Å². The molecule has 0 saturated carbocycles. The average Bonchev–Trinajstić information content (AvgIpc) is 2.93. The van der Waals surface area contributed by atoms with E-state index in [1.165, 1.54) is 28.7 Å². The molecular formula is C15H16N2O. The van der Waals surface area contributed by atoms with E-state index in [2.05, 4.69) is 16.4 Å². The maximum atomic E-state index is 12.0. The van der Waals surface area contributed by atoms with Gasteiger partial charge in [0.15, 0.2) is 0 Å². The van der Waals surface area contributed by atoms with E-state index in [0.29, 0.717) is 0 Å². The maximum Gasteiger partial charge on any atom is 0.248 e. The van der Waals surface area contributed by atoms with Crippen LogP contribution in [0.15, 0.2) is 11.1 Å². The van der Waals surface area contributed by atoms with Crippen LogP contribution in [0.25, 0.3) is 0 Å². The zero-order valence-corrected chi connectivity index (χ0v) is 10.5. The van der Waals surface area contributed by atoms with Gasteiger partial charge in [-0.25, -0.2) is 0 Å². The van der Waals surface area contributed by atoms with Gasteiger partial charge in [0.05, 0.1) is 5.69 Å². The second-order valence-electron chi connectivity index (χ2n) is 5.52. The fourth-order valence-electron chi connectivity index (χ4n) is 3.50. The lowest BCUT2D eigenvalue weighted by atomic mass is 9.98. The zero-order valence-electron chi connectivity index (χ0n) is 10.5. The van der Waals surface area contributed by atoms with Crippen LogP contribution >= 0.6 is 0 Å². The molecule has 1 amide bonds. The molecule has 0 aromatic heterocycles. The Balaban J connectivity index is 2.02. The Hall–Kier alpha value is -1.64. The van der Waals surface area contributed by atoms with Crippen LogP contribution in [0.4, 0.5) is 5.69 Å². The highest BCUT2D eigenvalue weighted by Gasteiger charge is 2.31. The minimum absolute atomic E-state index is 0.0411. The summed E-state index contributed by atoms with van der Waals surface area (Å²) >= 11 is 0. The first-order valence-corrected chi connectivity index (χ1v) is 6.79. The van der Waals surface area contributed by atoms with Gasteiger partial charge in [-0.2, -0.15) is 0 Å². The normalized spacial score (nSPS) is 24.2. The standard InChI is InChI=1S/C15H16N2O/c1-8-15(18)17-14-11-4-2-3-9(11)7-10-5-6-12(16-8)13(10)14/h7-8H,2-6H2,1H3,(H,17,18). The predicted octanol–water partition coefficient (Wildman–Crippen LogP) is 2.25. The van der Waals surface area contributed by atoms with Gasteiger partial charge >= 0.3 is 0 Å². The smallest absolute Gasteiger partial charge is 0.248 e. The second kappa shape index (κ2) is 3.44. The first-order chi connectivity index (χ1) is 8.74. The molecule has 3 aliphatic rings. The Morgan fingerprint density at radius 2 is 2.11 bits per heavy atom. The topological polar surface area (TPSA) is 41.5 Å². The summed E-state index contributed by atoms with van der Waals surface area (Å²) in [4.78, 5) is 16.6. The molecule has 0 saturated heterocycles. The molecule has 92 valence electrons. The van der Waals surface area contributed by atoms with Crippen LogP contribution in [-0.2, 0) is 24.1 Å². The minimum atomic E-state index is -0.254. The number of hydrogen-bond donors (Lipinski definition) is 1. The summed E-state index contributed by atoms with van der Waals surface area (Å²) in [6.07, 6.45) is 5.54. The van der Waals surface area contributed by atoms with Crippen molar-refractivity contribution in [1.29, 1.82) is 0 Å². The molecule has 1 unspecified atom stereocenters.